The quantitative estimate of drug-likeness (QED) is 0.914. The van der Waals surface area contributed by atoms with Gasteiger partial charge in [0, 0.05) is 13.2 Å². The lowest BCUT2D eigenvalue weighted by molar-refractivity contribution is 0.0696. The van der Waals surface area contributed by atoms with E-state index in [2.05, 4.69) is 0 Å². The third kappa shape index (κ3) is 3.13. The number of rotatable bonds is 3. The Morgan fingerprint density at radius 3 is 2.79 bits per heavy atom. The van der Waals surface area contributed by atoms with Crippen LogP contribution in [0.1, 0.15) is 29.6 Å². The van der Waals surface area contributed by atoms with Crippen molar-refractivity contribution in [1.82, 2.24) is 0 Å². The summed E-state index contributed by atoms with van der Waals surface area (Å²) >= 11 is 0. The van der Waals surface area contributed by atoms with Crippen LogP contribution in [0.25, 0.3) is 0 Å². The van der Waals surface area contributed by atoms with E-state index >= 15 is 0 Å². The minimum atomic E-state index is -3.48. The van der Waals surface area contributed by atoms with Gasteiger partial charge in [0.05, 0.1) is 15.7 Å². The van der Waals surface area contributed by atoms with E-state index in [0.29, 0.717) is 32.5 Å². The van der Waals surface area contributed by atoms with E-state index < -0.39 is 21.1 Å². The Morgan fingerprint density at radius 1 is 1.26 bits per heavy atom. The van der Waals surface area contributed by atoms with E-state index in [9.17, 15) is 13.2 Å². The Kier molecular flexibility index (Phi) is 4.21. The molecule has 1 aromatic carbocycles. The van der Waals surface area contributed by atoms with Crippen molar-refractivity contribution in [3.05, 3.63) is 29.8 Å². The van der Waals surface area contributed by atoms with Gasteiger partial charge in [0.2, 0.25) is 0 Å². The van der Waals surface area contributed by atoms with Gasteiger partial charge in [0.15, 0.2) is 9.84 Å². The summed E-state index contributed by atoms with van der Waals surface area (Å²) in [5.74, 6) is -1.12. The molecule has 1 heterocycles. The van der Waals surface area contributed by atoms with Crippen molar-refractivity contribution < 1.29 is 23.1 Å². The van der Waals surface area contributed by atoms with Crippen LogP contribution in [0.2, 0.25) is 0 Å². The van der Waals surface area contributed by atoms with Gasteiger partial charge in [-0.05, 0) is 37.5 Å². The molecule has 0 saturated carbocycles. The summed E-state index contributed by atoms with van der Waals surface area (Å²) < 4.78 is 30.2. The normalized spacial score (nSPS) is 20.7. The molecule has 0 bridgehead atoms. The zero-order valence-corrected chi connectivity index (χ0v) is 11.2. The molecule has 1 N–H and O–H groups in total. The first kappa shape index (κ1) is 14.0. The first-order valence-electron chi connectivity index (χ1n) is 6.17. The van der Waals surface area contributed by atoms with Crippen LogP contribution >= 0.6 is 0 Å². The highest BCUT2D eigenvalue weighted by Gasteiger charge is 2.28. The van der Waals surface area contributed by atoms with Gasteiger partial charge in [0.1, 0.15) is 0 Å². The first-order valence-corrected chi connectivity index (χ1v) is 7.71. The van der Waals surface area contributed by atoms with E-state index in [-0.39, 0.29) is 10.5 Å². The van der Waals surface area contributed by atoms with Gasteiger partial charge in [0.25, 0.3) is 0 Å². The summed E-state index contributed by atoms with van der Waals surface area (Å²) in [5.41, 5.74) is -0.00838. The molecule has 0 spiro atoms. The van der Waals surface area contributed by atoms with Crippen LogP contribution in [-0.2, 0) is 14.6 Å². The molecule has 0 amide bonds. The van der Waals surface area contributed by atoms with Gasteiger partial charge in [-0.15, -0.1) is 0 Å². The highest BCUT2D eigenvalue weighted by Crippen LogP contribution is 2.24. The Balaban J connectivity index is 2.32. The van der Waals surface area contributed by atoms with Crippen molar-refractivity contribution in [2.45, 2.75) is 29.4 Å². The Morgan fingerprint density at radius 2 is 2.05 bits per heavy atom. The molecule has 2 rings (SSSR count). The molecule has 5 nitrogen and oxygen atoms in total. The van der Waals surface area contributed by atoms with Gasteiger partial charge >= 0.3 is 5.97 Å². The van der Waals surface area contributed by atoms with Crippen molar-refractivity contribution in [1.29, 1.82) is 0 Å². The van der Waals surface area contributed by atoms with Crippen LogP contribution in [0.15, 0.2) is 29.2 Å². The molecule has 1 fully saturated rings. The van der Waals surface area contributed by atoms with E-state index in [4.69, 9.17) is 9.84 Å². The summed E-state index contributed by atoms with van der Waals surface area (Å²) in [6.07, 6.45) is 1.72. The maximum atomic E-state index is 12.5. The molecule has 1 unspecified atom stereocenters. The average Bonchev–Trinajstić information content (AvgIpc) is 2.68. The number of sulfone groups is 1. The molecule has 1 saturated heterocycles. The lowest BCUT2D eigenvalue weighted by Crippen LogP contribution is -2.22. The summed E-state index contributed by atoms with van der Waals surface area (Å²) in [7, 11) is -3.48. The Bertz CT molecular complexity index is 556. The van der Waals surface area contributed by atoms with Crippen molar-refractivity contribution in [3.63, 3.8) is 0 Å². The number of hydrogen-bond donors (Lipinski definition) is 1. The Labute approximate surface area is 112 Å². The maximum absolute atomic E-state index is 12.5. The van der Waals surface area contributed by atoms with E-state index in [0.717, 1.165) is 0 Å². The standard InChI is InChI=1S/C13H16O5S/c14-13(15)10-3-1-4-12(9-10)19(16,17)11-5-2-7-18-8-6-11/h1,3-4,9,11H,2,5-8H2,(H,14,15). The third-order valence-corrected chi connectivity index (χ3v) is 5.51. The zero-order valence-electron chi connectivity index (χ0n) is 10.4. The lowest BCUT2D eigenvalue weighted by Gasteiger charge is -2.14. The van der Waals surface area contributed by atoms with Crippen LogP contribution < -0.4 is 0 Å². The molecule has 1 aromatic rings. The highest BCUT2D eigenvalue weighted by atomic mass is 32.2. The van der Waals surface area contributed by atoms with E-state index in [1.165, 1.54) is 24.3 Å². The number of hydrogen-bond acceptors (Lipinski definition) is 4. The minimum Gasteiger partial charge on any atom is -0.478 e. The van der Waals surface area contributed by atoms with Crippen molar-refractivity contribution in [2.75, 3.05) is 13.2 Å². The SMILES string of the molecule is O=C(O)c1cccc(S(=O)(=O)C2CCCOCC2)c1. The van der Waals surface area contributed by atoms with Gasteiger partial charge in [-0.25, -0.2) is 13.2 Å². The van der Waals surface area contributed by atoms with Gasteiger partial charge in [-0.1, -0.05) is 6.07 Å². The van der Waals surface area contributed by atoms with Crippen LogP contribution in [0.4, 0.5) is 0 Å². The van der Waals surface area contributed by atoms with E-state index in [1.807, 2.05) is 0 Å². The minimum absolute atomic E-state index is 0.00838. The fraction of sp³-hybridized carbons (Fsp3) is 0.462. The number of benzene rings is 1. The second-order valence-electron chi connectivity index (χ2n) is 4.54. The highest BCUT2D eigenvalue weighted by molar-refractivity contribution is 7.92. The zero-order chi connectivity index (χ0) is 13.9. The summed E-state index contributed by atoms with van der Waals surface area (Å²) in [6.45, 7) is 1.02. The summed E-state index contributed by atoms with van der Waals surface area (Å²) in [4.78, 5) is 11.0. The van der Waals surface area contributed by atoms with Gasteiger partial charge in [-0.2, -0.15) is 0 Å². The molecular formula is C13H16O5S. The smallest absolute Gasteiger partial charge is 0.335 e. The fourth-order valence-corrected chi connectivity index (χ4v) is 4.01. The topological polar surface area (TPSA) is 80.7 Å². The maximum Gasteiger partial charge on any atom is 0.335 e. The summed E-state index contributed by atoms with van der Waals surface area (Å²) in [5, 5.41) is 8.43. The van der Waals surface area contributed by atoms with Crippen LogP contribution in [0.5, 0.6) is 0 Å². The molecule has 0 aromatic heterocycles. The third-order valence-electron chi connectivity index (χ3n) is 3.25. The van der Waals surface area contributed by atoms with Crippen molar-refractivity contribution in [2.24, 2.45) is 0 Å². The molecule has 1 atom stereocenters. The number of carboxylic acids is 1. The van der Waals surface area contributed by atoms with Crippen LogP contribution in [0, 0.1) is 0 Å². The van der Waals surface area contributed by atoms with Gasteiger partial charge < -0.3 is 9.84 Å². The lowest BCUT2D eigenvalue weighted by atomic mass is 10.2. The largest absolute Gasteiger partial charge is 0.478 e. The van der Waals surface area contributed by atoms with Gasteiger partial charge in [-0.3, -0.25) is 0 Å². The molecule has 0 radical (unpaired) electrons. The van der Waals surface area contributed by atoms with Crippen molar-refractivity contribution in [3.8, 4) is 0 Å². The molecular weight excluding hydrogens is 268 g/mol. The van der Waals surface area contributed by atoms with Crippen LogP contribution in [-0.4, -0.2) is 38.0 Å². The molecule has 19 heavy (non-hydrogen) atoms. The number of aromatic carboxylic acids is 1. The van der Waals surface area contributed by atoms with Crippen molar-refractivity contribution >= 4 is 15.8 Å². The number of ether oxygens (including phenoxy) is 1. The fourth-order valence-electron chi connectivity index (χ4n) is 2.18. The molecule has 0 aliphatic carbocycles. The molecule has 1 aliphatic heterocycles. The average molecular weight is 284 g/mol. The molecule has 104 valence electrons. The second-order valence-corrected chi connectivity index (χ2v) is 6.77. The number of carbonyl (C=O) groups is 1. The summed E-state index contributed by atoms with van der Waals surface area (Å²) in [6, 6.07) is 5.53. The second kappa shape index (κ2) is 5.71. The predicted molar refractivity (Wildman–Crippen MR) is 69.0 cm³/mol. The molecule has 1 aliphatic rings. The predicted octanol–water partition coefficient (Wildman–Crippen LogP) is 1.73. The molecule has 6 heteroatoms. The first-order chi connectivity index (χ1) is 9.01. The Hall–Kier alpha value is -1.40. The van der Waals surface area contributed by atoms with Crippen LogP contribution in [0.3, 0.4) is 0 Å². The van der Waals surface area contributed by atoms with E-state index in [1.54, 1.807) is 0 Å². The number of carboxylic acid groups (broad SMARTS) is 1. The monoisotopic (exact) mass is 284 g/mol.